The fourth-order valence-electron chi connectivity index (χ4n) is 6.08. The van der Waals surface area contributed by atoms with E-state index in [-0.39, 0.29) is 60.4 Å². The smallest absolute Gasteiger partial charge is 0.376 e. The molecular formula is C40H88B3Cl4N5O14S. The van der Waals surface area contributed by atoms with Gasteiger partial charge in [-0.3, -0.25) is 14.4 Å². The Morgan fingerprint density at radius 1 is 0.821 bits per heavy atom. The van der Waals surface area contributed by atoms with Crippen molar-refractivity contribution in [1.82, 2.24) is 25.1 Å². The zero-order valence-electron chi connectivity index (χ0n) is 42.3. The van der Waals surface area contributed by atoms with Crippen LogP contribution in [0.4, 0.5) is 0 Å². The highest BCUT2D eigenvalue weighted by Crippen LogP contribution is 2.25. The first kappa shape index (κ1) is 75.4. The molecule has 2 heterocycles. The number of nitrogens with one attached hydrogen (secondary N) is 2. The molecule has 0 amide bonds. The number of rotatable bonds is 20. The zero-order chi connectivity index (χ0) is 53.1. The molecule has 2 rings (SSSR count). The van der Waals surface area contributed by atoms with Gasteiger partial charge >= 0.3 is 39.1 Å². The molecule has 0 radical (unpaired) electrons. The predicted molar refractivity (Wildman–Crippen MR) is 276 cm³/mol. The van der Waals surface area contributed by atoms with Gasteiger partial charge in [0.05, 0.1) is 57.1 Å². The largest absolute Gasteiger partial charge is 0.466 e. The third-order valence-electron chi connectivity index (χ3n) is 9.31. The van der Waals surface area contributed by atoms with Gasteiger partial charge in [-0.05, 0) is 113 Å². The molecular weight excluding hydrogens is 981 g/mol. The summed E-state index contributed by atoms with van der Waals surface area (Å²) in [4.78, 5) is 38.2. The van der Waals surface area contributed by atoms with Gasteiger partial charge in [0, 0.05) is 78.8 Å². The van der Waals surface area contributed by atoms with Crippen LogP contribution in [0.2, 0.25) is 20.5 Å². The molecule has 2 saturated heterocycles. The van der Waals surface area contributed by atoms with Crippen LogP contribution in [0.5, 0.6) is 0 Å². The summed E-state index contributed by atoms with van der Waals surface area (Å²) in [5, 5.41) is 68.3. The lowest BCUT2D eigenvalue weighted by Crippen LogP contribution is -2.48. The second-order valence-corrected chi connectivity index (χ2v) is 19.4. The fraction of sp³-hybridized carbons (Fsp3) is 0.925. The van der Waals surface area contributed by atoms with Crippen molar-refractivity contribution in [1.29, 1.82) is 0 Å². The molecule has 0 aromatic heterocycles. The van der Waals surface area contributed by atoms with Crippen molar-refractivity contribution in [3.8, 4) is 0 Å². The van der Waals surface area contributed by atoms with Gasteiger partial charge in [0.1, 0.15) is 0 Å². The van der Waals surface area contributed by atoms with Crippen molar-refractivity contribution in [2.45, 2.75) is 113 Å². The number of piperidine rings is 2. The van der Waals surface area contributed by atoms with E-state index in [0.29, 0.717) is 70.9 Å². The number of alkyl halides is 2. The van der Waals surface area contributed by atoms with E-state index in [0.717, 1.165) is 39.0 Å². The van der Waals surface area contributed by atoms with Crippen LogP contribution in [0.3, 0.4) is 0 Å². The van der Waals surface area contributed by atoms with Gasteiger partial charge in [0.25, 0.3) is 0 Å². The summed E-state index contributed by atoms with van der Waals surface area (Å²) < 4.78 is 23.5. The molecule has 0 aliphatic carbocycles. The van der Waals surface area contributed by atoms with Gasteiger partial charge < -0.3 is 74.8 Å². The lowest BCUT2D eigenvalue weighted by molar-refractivity contribution is -0.152. The minimum absolute atomic E-state index is 0.0000463. The number of hydrogen-bond acceptors (Lipinski definition) is 19. The van der Waals surface area contributed by atoms with E-state index in [9.17, 15) is 24.4 Å². The van der Waals surface area contributed by atoms with Crippen LogP contribution in [0.25, 0.3) is 0 Å². The van der Waals surface area contributed by atoms with Gasteiger partial charge in [-0.1, -0.05) is 13.8 Å². The van der Waals surface area contributed by atoms with Crippen LogP contribution < -0.4 is 10.6 Å². The van der Waals surface area contributed by atoms with Crippen molar-refractivity contribution in [2.75, 3.05) is 104 Å². The summed E-state index contributed by atoms with van der Waals surface area (Å²) in [6, 6.07) is 0. The molecule has 2 aliphatic heterocycles. The first-order valence-corrected chi connectivity index (χ1v) is 26.7. The van der Waals surface area contributed by atoms with E-state index in [1.165, 1.54) is 6.92 Å². The molecule has 0 aromatic carbocycles. The Bertz CT molecular complexity index is 1170. The standard InChI is InChI=1S/C10H20BNO3.C9H17NO2.C6H14BCl2NO.C6H16BNO3.C5H13NO2.C4H8O2.Cl2OS/c1-4-15-10(13)9-5-6-12(11(3)14)7-8(9)2;1-3-12-9(11)8-4-5-10-6-7(8)2;1-6(9)5-10(4-3-8)7(2)11;1-6(10)5-8(3-4-9)7(2)11;1-5(8)4-6-2-3-7;1-3-6-4(2)5;1-4(2)3/h8-9,14H,4-7H2,1-3H3;7-8,10H,3-6H2,1-2H3;6,11H,3-5H2,1-2H3;6,9-11H,3-5H2,1-2H3;5-8H,2-4H2,1H3;3H2,1-2H3;. The number of hydrogen-bond donors (Lipinski definition) is 9. The van der Waals surface area contributed by atoms with Gasteiger partial charge in [-0.2, -0.15) is 0 Å². The van der Waals surface area contributed by atoms with Crippen molar-refractivity contribution < 1.29 is 68.3 Å². The number of ether oxygens (including phenoxy) is 3. The monoisotopic (exact) mass is 1070 g/mol. The van der Waals surface area contributed by atoms with E-state index in [2.05, 4.69) is 43.7 Å². The summed E-state index contributed by atoms with van der Waals surface area (Å²) in [7, 11) is 5.86. The second kappa shape index (κ2) is 50.4. The highest BCUT2D eigenvalue weighted by atomic mass is 36.0. The fourth-order valence-corrected chi connectivity index (χ4v) is 6.48. The lowest BCUT2D eigenvalue weighted by Gasteiger charge is -2.36. The number of carbonyl (C=O) groups is 3. The van der Waals surface area contributed by atoms with Crippen LogP contribution in [0, 0.1) is 23.7 Å². The van der Waals surface area contributed by atoms with Gasteiger partial charge in [-0.25, -0.2) is 4.21 Å². The topological polar surface area (TPSA) is 271 Å². The van der Waals surface area contributed by atoms with E-state index in [4.69, 9.17) is 62.3 Å². The zero-order valence-corrected chi connectivity index (χ0v) is 46.1. The lowest BCUT2D eigenvalue weighted by atomic mass is 9.77. The maximum atomic E-state index is 11.6. The average Bonchev–Trinajstić information content (AvgIpc) is 3.21. The molecule has 7 unspecified atom stereocenters. The van der Waals surface area contributed by atoms with Crippen molar-refractivity contribution in [2.24, 2.45) is 23.7 Å². The Kier molecular flexibility index (Phi) is 56.7. The maximum Gasteiger partial charge on any atom is 0.376 e. The molecule has 2 fully saturated rings. The van der Waals surface area contributed by atoms with E-state index >= 15 is 0 Å². The molecule has 0 aromatic rings. The normalized spacial score (nSPS) is 18.8. The van der Waals surface area contributed by atoms with E-state index in [1.807, 2.05) is 37.3 Å². The van der Waals surface area contributed by atoms with Crippen LogP contribution in [0.15, 0.2) is 0 Å². The van der Waals surface area contributed by atoms with Gasteiger partial charge in [-0.15, -0.1) is 23.2 Å². The van der Waals surface area contributed by atoms with E-state index < -0.39 is 36.5 Å². The number of nitrogens with zero attached hydrogens (tertiary/aromatic N) is 3. The molecule has 9 N–H and O–H groups in total. The number of carbonyl (C=O) groups excluding carboxylic acids is 3. The molecule has 0 saturated carbocycles. The summed E-state index contributed by atoms with van der Waals surface area (Å²) in [5.74, 6) is 0.990. The third kappa shape index (κ3) is 51.6. The minimum Gasteiger partial charge on any atom is -0.466 e. The van der Waals surface area contributed by atoms with Gasteiger partial charge in [0.2, 0.25) is 9.23 Å². The Labute approximate surface area is 425 Å². The summed E-state index contributed by atoms with van der Waals surface area (Å²) in [6.45, 7) is 29.5. The average molecular weight is 1070 g/mol. The Balaban J connectivity index is -0.000000230. The Hall–Kier alpha value is -0.565. The van der Waals surface area contributed by atoms with Crippen molar-refractivity contribution in [3.63, 3.8) is 0 Å². The van der Waals surface area contributed by atoms with Crippen molar-refractivity contribution in [3.05, 3.63) is 0 Å². The summed E-state index contributed by atoms with van der Waals surface area (Å²) in [6.07, 6.45) is 0.906. The minimum atomic E-state index is -1.67. The van der Waals surface area contributed by atoms with Crippen LogP contribution in [-0.4, -0.2) is 215 Å². The molecule has 27 heteroatoms. The second-order valence-electron chi connectivity index (χ2n) is 15.8. The number of aliphatic hydroxyl groups is 4. The molecule has 67 heavy (non-hydrogen) atoms. The van der Waals surface area contributed by atoms with Crippen LogP contribution in [0.1, 0.15) is 75.2 Å². The predicted octanol–water partition coefficient (Wildman–Crippen LogP) is 2.01. The molecule has 0 bridgehead atoms. The highest BCUT2D eigenvalue weighted by Gasteiger charge is 2.34. The SMILES string of the molecule is CB(O)N(CCCl)CC(C)Cl.CB(O)N(CCO)CC(C)O.CC(O)CNCCO.CCOC(=O)C1CCN(B(C)O)CC1C.CCOC(=O)C1CCNCC1C.CCOC(C)=O.O=S(Cl)Cl. The first-order valence-electron chi connectivity index (χ1n) is 22.9. The summed E-state index contributed by atoms with van der Waals surface area (Å²) >= 11 is 11.3. The first-order chi connectivity index (χ1) is 31.2. The van der Waals surface area contributed by atoms with Crippen LogP contribution >= 0.6 is 44.6 Å². The molecule has 0 spiro atoms. The molecule has 7 atom stereocenters. The van der Waals surface area contributed by atoms with Crippen molar-refractivity contribution >= 4 is 92.9 Å². The number of halogens is 4. The molecule has 19 nitrogen and oxygen atoms in total. The van der Waals surface area contributed by atoms with E-state index in [1.54, 1.807) is 46.1 Å². The third-order valence-corrected chi connectivity index (χ3v) is 9.61. The Morgan fingerprint density at radius 3 is 1.61 bits per heavy atom. The van der Waals surface area contributed by atoms with Crippen LogP contribution in [-0.2, 0) is 37.8 Å². The quantitative estimate of drug-likeness (QED) is 0.0211. The Morgan fingerprint density at radius 2 is 1.30 bits per heavy atom. The molecule has 400 valence electrons. The number of aliphatic hydroxyl groups excluding tert-OH is 4. The maximum absolute atomic E-state index is 11.6. The summed E-state index contributed by atoms with van der Waals surface area (Å²) in [5.41, 5.74) is 0. The molecule has 2 aliphatic rings. The number of esters is 3. The highest BCUT2D eigenvalue weighted by molar-refractivity contribution is 8.26. The van der Waals surface area contributed by atoms with Gasteiger partial charge in [0.15, 0.2) is 0 Å².